The van der Waals surface area contributed by atoms with Gasteiger partial charge >= 0.3 is 0 Å². The quantitative estimate of drug-likeness (QED) is 0.633. The van der Waals surface area contributed by atoms with Crippen molar-refractivity contribution >= 4 is 0 Å². The first-order chi connectivity index (χ1) is 10.2. The van der Waals surface area contributed by atoms with E-state index in [9.17, 15) is 5.11 Å². The lowest BCUT2D eigenvalue weighted by atomic mass is 10.2. The largest absolute Gasteiger partial charge is 0.490 e. The van der Waals surface area contributed by atoms with Crippen molar-refractivity contribution in [2.45, 2.75) is 12.6 Å². The van der Waals surface area contributed by atoms with Gasteiger partial charge in [0.05, 0.1) is 19.8 Å². The molecule has 1 aromatic carbocycles. The minimum absolute atomic E-state index is 0.111. The van der Waals surface area contributed by atoms with Crippen molar-refractivity contribution in [1.82, 2.24) is 0 Å². The minimum atomic E-state index is -0.724. The fourth-order valence-electron chi connectivity index (χ4n) is 1.86. The van der Waals surface area contributed by atoms with E-state index >= 15 is 0 Å². The van der Waals surface area contributed by atoms with Crippen LogP contribution in [0.2, 0.25) is 0 Å². The zero-order chi connectivity index (χ0) is 15.1. The van der Waals surface area contributed by atoms with Crippen molar-refractivity contribution in [3.8, 4) is 17.2 Å². The molecule has 7 nitrogen and oxygen atoms in total. The Morgan fingerprint density at radius 2 is 2.00 bits per heavy atom. The van der Waals surface area contributed by atoms with E-state index in [4.69, 9.17) is 29.4 Å². The Labute approximate surface area is 123 Å². The average molecular weight is 299 g/mol. The molecule has 0 radical (unpaired) electrons. The number of nitrogens with two attached hydrogens (primary N) is 1. The summed E-state index contributed by atoms with van der Waals surface area (Å²) in [4.78, 5) is 0. The summed E-state index contributed by atoms with van der Waals surface area (Å²) in [6.07, 6.45) is -0.724. The smallest absolute Gasteiger partial charge is 0.231 e. The van der Waals surface area contributed by atoms with Crippen LogP contribution >= 0.6 is 0 Å². The highest BCUT2D eigenvalue weighted by atomic mass is 16.7. The number of hydrogen-bond acceptors (Lipinski definition) is 7. The van der Waals surface area contributed by atoms with Crippen LogP contribution in [0.3, 0.4) is 0 Å². The molecule has 1 atom stereocenters. The summed E-state index contributed by atoms with van der Waals surface area (Å²) in [6.45, 7) is 1.73. The Morgan fingerprint density at radius 1 is 1.24 bits per heavy atom. The van der Waals surface area contributed by atoms with Crippen molar-refractivity contribution in [2.75, 3.05) is 40.3 Å². The minimum Gasteiger partial charge on any atom is -0.490 e. The van der Waals surface area contributed by atoms with Gasteiger partial charge in [-0.25, -0.2) is 0 Å². The zero-order valence-electron chi connectivity index (χ0n) is 12.0. The number of rotatable bonds is 9. The normalized spacial score (nSPS) is 14.2. The average Bonchev–Trinajstić information content (AvgIpc) is 2.95. The molecule has 0 spiro atoms. The first-order valence-electron chi connectivity index (χ1n) is 6.74. The molecule has 2 rings (SSSR count). The third-order valence-corrected chi connectivity index (χ3v) is 2.95. The molecule has 0 aliphatic carbocycles. The van der Waals surface area contributed by atoms with Crippen molar-refractivity contribution < 1.29 is 28.8 Å². The number of aliphatic hydroxyl groups is 1. The van der Waals surface area contributed by atoms with Crippen molar-refractivity contribution in [1.29, 1.82) is 0 Å². The van der Waals surface area contributed by atoms with Crippen LogP contribution in [-0.4, -0.2) is 51.5 Å². The van der Waals surface area contributed by atoms with Crippen LogP contribution in [0.1, 0.15) is 5.56 Å². The molecule has 1 aromatic rings. The Balaban J connectivity index is 1.85. The molecule has 3 N–H and O–H groups in total. The van der Waals surface area contributed by atoms with E-state index in [1.165, 1.54) is 0 Å². The van der Waals surface area contributed by atoms with Gasteiger partial charge in [0.25, 0.3) is 0 Å². The maximum Gasteiger partial charge on any atom is 0.231 e. The van der Waals surface area contributed by atoms with E-state index in [0.717, 1.165) is 5.56 Å². The second-order valence-electron chi connectivity index (χ2n) is 4.55. The van der Waals surface area contributed by atoms with Gasteiger partial charge in [0.15, 0.2) is 11.5 Å². The molecule has 1 aliphatic heterocycles. The van der Waals surface area contributed by atoms with Gasteiger partial charge in [-0.2, -0.15) is 0 Å². The highest BCUT2D eigenvalue weighted by molar-refractivity contribution is 5.51. The lowest BCUT2D eigenvalue weighted by molar-refractivity contribution is -0.00433. The highest BCUT2D eigenvalue weighted by Gasteiger charge is 2.18. The molecule has 1 unspecified atom stereocenters. The van der Waals surface area contributed by atoms with Crippen LogP contribution in [0.25, 0.3) is 0 Å². The number of hydrogen-bond donors (Lipinski definition) is 2. The third-order valence-electron chi connectivity index (χ3n) is 2.95. The number of methoxy groups -OCH3 is 1. The van der Waals surface area contributed by atoms with Gasteiger partial charge in [-0.05, 0) is 6.07 Å². The molecule has 21 heavy (non-hydrogen) atoms. The lowest BCUT2D eigenvalue weighted by Crippen LogP contribution is -2.24. The van der Waals surface area contributed by atoms with Crippen LogP contribution in [0.15, 0.2) is 12.1 Å². The molecule has 0 bridgehead atoms. The van der Waals surface area contributed by atoms with E-state index in [1.54, 1.807) is 19.2 Å². The summed E-state index contributed by atoms with van der Waals surface area (Å²) in [7, 11) is 1.59. The second kappa shape index (κ2) is 8.04. The van der Waals surface area contributed by atoms with E-state index in [-0.39, 0.29) is 20.0 Å². The molecule has 0 saturated heterocycles. The Bertz CT molecular complexity index is 453. The van der Waals surface area contributed by atoms with E-state index in [0.29, 0.717) is 37.0 Å². The van der Waals surface area contributed by atoms with Gasteiger partial charge in [0.2, 0.25) is 6.79 Å². The summed E-state index contributed by atoms with van der Waals surface area (Å²) in [5.74, 6) is 1.86. The summed E-state index contributed by atoms with van der Waals surface area (Å²) in [5.41, 5.74) is 6.49. The van der Waals surface area contributed by atoms with Crippen LogP contribution in [0.4, 0.5) is 0 Å². The molecule has 118 valence electrons. The number of aliphatic hydroxyl groups excluding tert-OH is 1. The number of fused-ring (bicyclic) bond motifs is 1. The predicted octanol–water partition coefficient (Wildman–Crippen LogP) is 0.277. The van der Waals surface area contributed by atoms with Gasteiger partial charge in [0.1, 0.15) is 18.5 Å². The van der Waals surface area contributed by atoms with Gasteiger partial charge in [-0.15, -0.1) is 0 Å². The van der Waals surface area contributed by atoms with Gasteiger partial charge in [0, 0.05) is 25.3 Å². The summed E-state index contributed by atoms with van der Waals surface area (Å²) >= 11 is 0. The molecular weight excluding hydrogens is 278 g/mol. The van der Waals surface area contributed by atoms with Crippen LogP contribution < -0.4 is 19.9 Å². The van der Waals surface area contributed by atoms with Crippen LogP contribution in [-0.2, 0) is 16.0 Å². The van der Waals surface area contributed by atoms with Crippen LogP contribution in [0.5, 0.6) is 17.2 Å². The summed E-state index contributed by atoms with van der Waals surface area (Å²) in [6, 6.07) is 3.52. The number of benzene rings is 1. The van der Waals surface area contributed by atoms with E-state index in [1.807, 2.05) is 0 Å². The van der Waals surface area contributed by atoms with Crippen LogP contribution in [0, 0.1) is 0 Å². The predicted molar refractivity (Wildman–Crippen MR) is 74.7 cm³/mol. The first kappa shape index (κ1) is 15.8. The van der Waals surface area contributed by atoms with Crippen molar-refractivity contribution in [3.05, 3.63) is 17.7 Å². The Kier molecular flexibility index (Phi) is 6.06. The summed E-state index contributed by atoms with van der Waals surface area (Å²) in [5, 5.41) is 9.79. The Morgan fingerprint density at radius 3 is 2.71 bits per heavy atom. The van der Waals surface area contributed by atoms with Crippen molar-refractivity contribution in [3.63, 3.8) is 0 Å². The molecule has 7 heteroatoms. The molecular formula is C14H21NO6. The SMILES string of the molecule is COCCOCC(O)COc1cc2c(cc1CN)OCO2. The summed E-state index contributed by atoms with van der Waals surface area (Å²) < 4.78 is 26.3. The van der Waals surface area contributed by atoms with E-state index in [2.05, 4.69) is 0 Å². The lowest BCUT2D eigenvalue weighted by Gasteiger charge is -2.15. The fraction of sp³-hybridized carbons (Fsp3) is 0.571. The zero-order valence-corrected chi connectivity index (χ0v) is 12.0. The third kappa shape index (κ3) is 4.47. The topological polar surface area (TPSA) is 92.4 Å². The van der Waals surface area contributed by atoms with Gasteiger partial charge in [-0.3, -0.25) is 0 Å². The molecule has 0 saturated carbocycles. The second-order valence-corrected chi connectivity index (χ2v) is 4.55. The van der Waals surface area contributed by atoms with E-state index < -0.39 is 6.10 Å². The van der Waals surface area contributed by atoms with Gasteiger partial charge in [-0.1, -0.05) is 0 Å². The maximum atomic E-state index is 9.79. The van der Waals surface area contributed by atoms with Gasteiger partial charge < -0.3 is 34.5 Å². The fourth-order valence-corrected chi connectivity index (χ4v) is 1.86. The molecule has 0 amide bonds. The molecule has 0 aromatic heterocycles. The standard InChI is InChI=1S/C14H21NO6/c1-17-2-3-18-7-11(16)8-19-12-5-14-13(20-9-21-14)4-10(12)6-15/h4-5,11,16H,2-3,6-9,15H2,1H3. The molecule has 1 heterocycles. The highest BCUT2D eigenvalue weighted by Crippen LogP contribution is 2.38. The number of ether oxygens (including phenoxy) is 5. The molecule has 1 aliphatic rings. The Hall–Kier alpha value is -1.54. The first-order valence-corrected chi connectivity index (χ1v) is 6.74. The monoisotopic (exact) mass is 299 g/mol. The molecule has 0 fully saturated rings. The maximum absolute atomic E-state index is 9.79. The van der Waals surface area contributed by atoms with Crippen molar-refractivity contribution in [2.24, 2.45) is 5.73 Å².